The molecule has 1 heterocycles. The fraction of sp³-hybridized carbons (Fsp3) is 0.286. The molecule has 0 radical (unpaired) electrons. The summed E-state index contributed by atoms with van der Waals surface area (Å²) in [4.78, 5) is 17.5. The highest BCUT2D eigenvalue weighted by atomic mass is 19.3. The van der Waals surface area contributed by atoms with Crippen LogP contribution >= 0.6 is 0 Å². The zero-order valence-electron chi connectivity index (χ0n) is 7.48. The Morgan fingerprint density at radius 2 is 2.33 bits per heavy atom. The number of urea groups is 1. The molecule has 0 unspecified atom stereocenters. The van der Waals surface area contributed by atoms with Crippen molar-refractivity contribution in [3.63, 3.8) is 0 Å². The first kappa shape index (κ1) is 11.1. The fourth-order valence-corrected chi connectivity index (χ4v) is 0.807. The average molecular weight is 218 g/mol. The van der Waals surface area contributed by atoms with Crippen LogP contribution in [0.4, 0.5) is 13.6 Å². The first-order valence-corrected chi connectivity index (χ1v) is 3.87. The third-order valence-electron chi connectivity index (χ3n) is 1.35. The minimum absolute atomic E-state index is 0.0252. The molecule has 6 nitrogen and oxygen atoms in total. The maximum absolute atomic E-state index is 11.8. The summed E-state index contributed by atoms with van der Waals surface area (Å²) in [5, 5.41) is 2.25. The second-order valence-electron chi connectivity index (χ2n) is 2.44. The molecule has 0 saturated heterocycles. The zero-order chi connectivity index (χ0) is 11.3. The summed E-state index contributed by atoms with van der Waals surface area (Å²) in [6, 6.07) is 0.451. The van der Waals surface area contributed by atoms with Crippen LogP contribution < -0.4 is 15.8 Å². The predicted molar refractivity (Wildman–Crippen MR) is 45.1 cm³/mol. The number of ether oxygens (including phenoxy) is 1. The lowest BCUT2D eigenvalue weighted by molar-refractivity contribution is -0.0529. The third-order valence-corrected chi connectivity index (χ3v) is 1.35. The van der Waals surface area contributed by atoms with Gasteiger partial charge in [-0.3, -0.25) is 0 Å². The largest absolute Gasteiger partial charge is 0.417 e. The highest BCUT2D eigenvalue weighted by molar-refractivity contribution is 5.71. The van der Waals surface area contributed by atoms with E-state index in [0.717, 1.165) is 6.33 Å². The standard InChI is InChI=1S/C7H8F2N4O2/c8-6(9)15-5-1-4(12-3-13-5)2-11-7(10)14/h1,3,6H,2H2,(H3,10,11,14). The molecule has 3 N–H and O–H groups in total. The summed E-state index contributed by atoms with van der Waals surface area (Å²) >= 11 is 0. The van der Waals surface area contributed by atoms with Crippen molar-refractivity contribution in [2.24, 2.45) is 5.73 Å². The Morgan fingerprint density at radius 3 is 2.93 bits per heavy atom. The maximum Gasteiger partial charge on any atom is 0.388 e. The van der Waals surface area contributed by atoms with E-state index in [9.17, 15) is 13.6 Å². The smallest absolute Gasteiger partial charge is 0.388 e. The van der Waals surface area contributed by atoms with Gasteiger partial charge in [0.15, 0.2) is 0 Å². The number of carbonyl (C=O) groups excluding carboxylic acids is 1. The minimum Gasteiger partial charge on any atom is -0.417 e. The van der Waals surface area contributed by atoms with Gasteiger partial charge in [0.05, 0.1) is 12.2 Å². The Bertz CT molecular complexity index is 348. The zero-order valence-corrected chi connectivity index (χ0v) is 7.48. The van der Waals surface area contributed by atoms with Crippen LogP contribution in [0, 0.1) is 0 Å². The van der Waals surface area contributed by atoms with Crippen molar-refractivity contribution in [2.75, 3.05) is 0 Å². The SMILES string of the molecule is NC(=O)NCc1cc(OC(F)F)ncn1. The van der Waals surface area contributed by atoms with Gasteiger partial charge >= 0.3 is 12.6 Å². The number of nitrogens with two attached hydrogens (primary N) is 1. The predicted octanol–water partition coefficient (Wildman–Crippen LogP) is 0.246. The number of primary amides is 1. The number of hydrogen-bond donors (Lipinski definition) is 2. The number of alkyl halides is 2. The molecule has 82 valence electrons. The lowest BCUT2D eigenvalue weighted by atomic mass is 10.4. The maximum atomic E-state index is 11.8. The van der Waals surface area contributed by atoms with Gasteiger partial charge in [-0.25, -0.2) is 14.8 Å². The van der Waals surface area contributed by atoms with Crippen molar-refractivity contribution >= 4 is 6.03 Å². The van der Waals surface area contributed by atoms with Gasteiger partial charge in [-0.15, -0.1) is 0 Å². The summed E-state index contributed by atoms with van der Waals surface area (Å²) in [5.41, 5.74) is 5.13. The molecule has 0 aliphatic heterocycles. The van der Waals surface area contributed by atoms with Gasteiger partial charge in [0.25, 0.3) is 0 Å². The molecule has 1 aromatic rings. The number of nitrogens with one attached hydrogen (secondary N) is 1. The van der Waals surface area contributed by atoms with Crippen LogP contribution in [0.15, 0.2) is 12.4 Å². The van der Waals surface area contributed by atoms with Crippen molar-refractivity contribution in [3.8, 4) is 5.88 Å². The van der Waals surface area contributed by atoms with E-state index < -0.39 is 12.6 Å². The molecule has 15 heavy (non-hydrogen) atoms. The molecule has 0 aromatic carbocycles. The van der Waals surface area contributed by atoms with Crippen LogP contribution in [0.5, 0.6) is 5.88 Å². The van der Waals surface area contributed by atoms with E-state index in [1.807, 2.05) is 0 Å². The normalized spacial score (nSPS) is 10.1. The van der Waals surface area contributed by atoms with E-state index in [2.05, 4.69) is 20.0 Å². The van der Waals surface area contributed by atoms with Crippen molar-refractivity contribution in [1.29, 1.82) is 0 Å². The van der Waals surface area contributed by atoms with E-state index >= 15 is 0 Å². The summed E-state index contributed by atoms with van der Waals surface area (Å²) < 4.78 is 27.6. The number of hydrogen-bond acceptors (Lipinski definition) is 4. The molecule has 0 fully saturated rings. The number of carbonyl (C=O) groups is 1. The van der Waals surface area contributed by atoms with E-state index in [4.69, 9.17) is 5.73 Å². The Kier molecular flexibility index (Phi) is 3.72. The molecule has 0 spiro atoms. The van der Waals surface area contributed by atoms with Crippen LogP contribution in [-0.2, 0) is 6.54 Å². The lowest BCUT2D eigenvalue weighted by Gasteiger charge is -2.04. The Hall–Kier alpha value is -1.99. The molecule has 2 amide bonds. The van der Waals surface area contributed by atoms with E-state index in [1.165, 1.54) is 6.07 Å². The van der Waals surface area contributed by atoms with Crippen molar-refractivity contribution in [2.45, 2.75) is 13.2 Å². The highest BCUT2D eigenvalue weighted by Gasteiger charge is 2.06. The first-order valence-electron chi connectivity index (χ1n) is 3.87. The Balaban J connectivity index is 2.61. The highest BCUT2D eigenvalue weighted by Crippen LogP contribution is 2.09. The van der Waals surface area contributed by atoms with E-state index in [1.54, 1.807) is 0 Å². The van der Waals surface area contributed by atoms with Crippen LogP contribution in [0.1, 0.15) is 5.69 Å². The van der Waals surface area contributed by atoms with Gasteiger partial charge in [0.1, 0.15) is 6.33 Å². The molecule has 8 heteroatoms. The Labute approximate surface area is 83.5 Å². The van der Waals surface area contributed by atoms with E-state index in [0.29, 0.717) is 5.69 Å². The first-order chi connectivity index (χ1) is 7.08. The van der Waals surface area contributed by atoms with Crippen LogP contribution in [0.2, 0.25) is 0 Å². The Morgan fingerprint density at radius 1 is 1.60 bits per heavy atom. The van der Waals surface area contributed by atoms with Gasteiger partial charge in [-0.2, -0.15) is 8.78 Å². The summed E-state index contributed by atoms with van der Waals surface area (Å²) in [6.07, 6.45) is 1.05. The molecule has 0 atom stereocenters. The van der Waals surface area contributed by atoms with Crippen molar-refractivity contribution in [1.82, 2.24) is 15.3 Å². The molecule has 1 aromatic heterocycles. The lowest BCUT2D eigenvalue weighted by Crippen LogP contribution is -2.29. The van der Waals surface area contributed by atoms with Gasteiger partial charge in [0.2, 0.25) is 5.88 Å². The van der Waals surface area contributed by atoms with Gasteiger partial charge in [0, 0.05) is 6.07 Å². The average Bonchev–Trinajstić information content (AvgIpc) is 2.14. The summed E-state index contributed by atoms with van der Waals surface area (Å²) in [5.74, 6) is -0.263. The quantitative estimate of drug-likeness (QED) is 0.757. The topological polar surface area (TPSA) is 90.1 Å². The fourth-order valence-electron chi connectivity index (χ4n) is 0.807. The molecule has 1 rings (SSSR count). The number of aromatic nitrogens is 2. The third kappa shape index (κ3) is 4.16. The number of amides is 2. The molecular weight excluding hydrogens is 210 g/mol. The summed E-state index contributed by atoms with van der Waals surface area (Å²) in [6.45, 7) is -2.92. The van der Waals surface area contributed by atoms with Crippen LogP contribution in [0.25, 0.3) is 0 Å². The molecule has 0 aliphatic rings. The molecule has 0 bridgehead atoms. The summed E-state index contributed by atoms with van der Waals surface area (Å²) in [7, 11) is 0. The van der Waals surface area contributed by atoms with Crippen LogP contribution in [-0.4, -0.2) is 22.6 Å². The van der Waals surface area contributed by atoms with Gasteiger partial charge in [-0.1, -0.05) is 0 Å². The second kappa shape index (κ2) is 5.03. The number of halogens is 2. The minimum atomic E-state index is -2.95. The van der Waals surface area contributed by atoms with E-state index in [-0.39, 0.29) is 12.4 Å². The monoisotopic (exact) mass is 218 g/mol. The number of nitrogens with zero attached hydrogens (tertiary/aromatic N) is 2. The van der Waals surface area contributed by atoms with Crippen molar-refractivity contribution < 1.29 is 18.3 Å². The van der Waals surface area contributed by atoms with Gasteiger partial charge < -0.3 is 15.8 Å². The molecular formula is C7H8F2N4O2. The molecule has 0 aliphatic carbocycles. The van der Waals surface area contributed by atoms with Crippen molar-refractivity contribution in [3.05, 3.63) is 18.1 Å². The molecule has 0 saturated carbocycles. The van der Waals surface area contributed by atoms with Crippen LogP contribution in [0.3, 0.4) is 0 Å². The van der Waals surface area contributed by atoms with Gasteiger partial charge in [-0.05, 0) is 0 Å². The number of rotatable bonds is 4. The second-order valence-corrected chi connectivity index (χ2v) is 2.44.